The summed E-state index contributed by atoms with van der Waals surface area (Å²) in [5.74, 6) is -0.681. The van der Waals surface area contributed by atoms with E-state index in [1.54, 1.807) is 30.0 Å². The Morgan fingerprint density at radius 2 is 1.92 bits per heavy atom. The van der Waals surface area contributed by atoms with Crippen LogP contribution in [0.1, 0.15) is 28.8 Å². The van der Waals surface area contributed by atoms with Crippen LogP contribution in [0.4, 0.5) is 11.4 Å². The molecule has 0 spiro atoms. The van der Waals surface area contributed by atoms with E-state index in [0.29, 0.717) is 24.2 Å². The molecule has 0 bridgehead atoms. The van der Waals surface area contributed by atoms with Crippen molar-refractivity contribution in [3.63, 3.8) is 0 Å². The summed E-state index contributed by atoms with van der Waals surface area (Å²) < 4.78 is 27.8. The minimum atomic E-state index is -3.91. The van der Waals surface area contributed by atoms with Gasteiger partial charge in [0.1, 0.15) is 0 Å². The first-order chi connectivity index (χ1) is 12.3. The Morgan fingerprint density at radius 3 is 2.54 bits per heavy atom. The van der Waals surface area contributed by atoms with Crippen LogP contribution in [-0.2, 0) is 14.8 Å². The van der Waals surface area contributed by atoms with E-state index >= 15 is 0 Å². The SMILES string of the molecule is Cc1cc(S(=O)(=O)Nc2ccccc2C(N)=O)ccc1N1CCCC1=O. The van der Waals surface area contributed by atoms with Gasteiger partial charge in [0, 0.05) is 18.7 Å². The zero-order chi connectivity index (χ0) is 18.9. The summed E-state index contributed by atoms with van der Waals surface area (Å²) in [6.45, 7) is 2.40. The highest BCUT2D eigenvalue weighted by atomic mass is 32.2. The molecule has 1 fully saturated rings. The van der Waals surface area contributed by atoms with Gasteiger partial charge in [-0.05, 0) is 49.2 Å². The lowest BCUT2D eigenvalue weighted by Gasteiger charge is -2.19. The predicted molar refractivity (Wildman–Crippen MR) is 98.5 cm³/mol. The van der Waals surface area contributed by atoms with Gasteiger partial charge in [-0.3, -0.25) is 14.3 Å². The van der Waals surface area contributed by atoms with E-state index in [-0.39, 0.29) is 22.1 Å². The number of primary amides is 1. The summed E-state index contributed by atoms with van der Waals surface area (Å²) in [6.07, 6.45) is 1.30. The predicted octanol–water partition coefficient (Wildman–Crippen LogP) is 2.02. The van der Waals surface area contributed by atoms with Crippen LogP contribution in [0.15, 0.2) is 47.4 Å². The number of para-hydroxylation sites is 1. The second kappa shape index (κ2) is 6.80. The van der Waals surface area contributed by atoms with Gasteiger partial charge in [0.05, 0.1) is 16.1 Å². The Kier molecular flexibility index (Phi) is 4.69. The molecule has 0 aromatic heterocycles. The standard InChI is InChI=1S/C18H19N3O4S/c1-12-11-13(8-9-16(12)21-10-4-7-17(21)22)26(24,25)20-15-6-3-2-5-14(15)18(19)23/h2-3,5-6,8-9,11,20H,4,7,10H2,1H3,(H2,19,23). The molecule has 1 heterocycles. The number of hydrogen-bond donors (Lipinski definition) is 2. The van der Waals surface area contributed by atoms with Crippen LogP contribution in [-0.4, -0.2) is 26.8 Å². The number of hydrogen-bond acceptors (Lipinski definition) is 4. The van der Waals surface area contributed by atoms with E-state index in [2.05, 4.69) is 4.72 Å². The fourth-order valence-electron chi connectivity index (χ4n) is 2.99. The molecule has 8 heteroatoms. The van der Waals surface area contributed by atoms with Crippen molar-refractivity contribution in [1.82, 2.24) is 0 Å². The Hall–Kier alpha value is -2.87. The summed E-state index contributed by atoms with van der Waals surface area (Å²) in [5.41, 5.74) is 6.90. The van der Waals surface area contributed by atoms with Crippen molar-refractivity contribution in [2.45, 2.75) is 24.7 Å². The lowest BCUT2D eigenvalue weighted by molar-refractivity contribution is -0.117. The van der Waals surface area contributed by atoms with Gasteiger partial charge in [0.15, 0.2) is 0 Å². The van der Waals surface area contributed by atoms with E-state index in [9.17, 15) is 18.0 Å². The third-order valence-corrected chi connectivity index (χ3v) is 5.64. The maximum absolute atomic E-state index is 12.7. The van der Waals surface area contributed by atoms with Crippen molar-refractivity contribution < 1.29 is 18.0 Å². The average Bonchev–Trinajstić information content (AvgIpc) is 3.00. The molecule has 3 N–H and O–H groups in total. The number of aryl methyl sites for hydroxylation is 1. The normalized spacial score (nSPS) is 14.5. The summed E-state index contributed by atoms with van der Waals surface area (Å²) in [7, 11) is -3.91. The van der Waals surface area contributed by atoms with Gasteiger partial charge in [-0.2, -0.15) is 0 Å². The van der Waals surface area contributed by atoms with E-state index in [1.165, 1.54) is 24.3 Å². The molecule has 0 radical (unpaired) electrons. The van der Waals surface area contributed by atoms with Crippen LogP contribution in [0.2, 0.25) is 0 Å². The van der Waals surface area contributed by atoms with E-state index in [1.807, 2.05) is 0 Å². The van der Waals surface area contributed by atoms with Gasteiger partial charge >= 0.3 is 0 Å². The molecule has 0 saturated carbocycles. The Balaban J connectivity index is 1.92. The van der Waals surface area contributed by atoms with Crippen molar-refractivity contribution in [2.24, 2.45) is 5.73 Å². The molecular weight excluding hydrogens is 354 g/mol. The Labute approximate surface area is 151 Å². The number of sulfonamides is 1. The minimum absolute atomic E-state index is 0.0391. The van der Waals surface area contributed by atoms with Gasteiger partial charge in [-0.25, -0.2) is 8.42 Å². The van der Waals surface area contributed by atoms with Crippen molar-refractivity contribution in [2.75, 3.05) is 16.2 Å². The first kappa shape index (κ1) is 17.9. The van der Waals surface area contributed by atoms with Crippen molar-refractivity contribution in [1.29, 1.82) is 0 Å². The molecule has 2 amide bonds. The number of benzene rings is 2. The maximum Gasteiger partial charge on any atom is 0.261 e. The largest absolute Gasteiger partial charge is 0.366 e. The first-order valence-corrected chi connectivity index (χ1v) is 9.60. The smallest absolute Gasteiger partial charge is 0.261 e. The van der Waals surface area contributed by atoms with Crippen LogP contribution in [0.5, 0.6) is 0 Å². The molecule has 26 heavy (non-hydrogen) atoms. The zero-order valence-electron chi connectivity index (χ0n) is 14.2. The maximum atomic E-state index is 12.7. The monoisotopic (exact) mass is 373 g/mol. The summed E-state index contributed by atoms with van der Waals surface area (Å²) >= 11 is 0. The molecule has 0 atom stereocenters. The molecule has 136 valence electrons. The van der Waals surface area contributed by atoms with Crippen LogP contribution in [0, 0.1) is 6.92 Å². The molecule has 7 nitrogen and oxygen atoms in total. The first-order valence-electron chi connectivity index (χ1n) is 8.12. The third-order valence-electron chi connectivity index (χ3n) is 4.28. The molecule has 2 aromatic carbocycles. The molecule has 0 unspecified atom stereocenters. The molecule has 1 saturated heterocycles. The van der Waals surface area contributed by atoms with Crippen LogP contribution in [0.25, 0.3) is 0 Å². The number of carbonyl (C=O) groups is 2. The number of nitrogens with one attached hydrogen (secondary N) is 1. The number of nitrogens with zero attached hydrogens (tertiary/aromatic N) is 1. The molecule has 2 aromatic rings. The molecule has 1 aliphatic heterocycles. The van der Waals surface area contributed by atoms with Crippen LogP contribution in [0.3, 0.4) is 0 Å². The van der Waals surface area contributed by atoms with Gasteiger partial charge < -0.3 is 10.6 Å². The van der Waals surface area contributed by atoms with Crippen molar-refractivity contribution >= 4 is 33.2 Å². The fraction of sp³-hybridized carbons (Fsp3) is 0.222. The highest BCUT2D eigenvalue weighted by Crippen LogP contribution is 2.28. The van der Waals surface area contributed by atoms with Gasteiger partial charge in [-0.1, -0.05) is 12.1 Å². The quantitative estimate of drug-likeness (QED) is 0.835. The minimum Gasteiger partial charge on any atom is -0.366 e. The highest BCUT2D eigenvalue weighted by molar-refractivity contribution is 7.92. The zero-order valence-corrected chi connectivity index (χ0v) is 15.0. The summed E-state index contributed by atoms with van der Waals surface area (Å²) in [4.78, 5) is 25.1. The number of anilines is 2. The van der Waals surface area contributed by atoms with Crippen molar-refractivity contribution in [3.8, 4) is 0 Å². The summed E-state index contributed by atoms with van der Waals surface area (Å²) in [6, 6.07) is 10.7. The molecular formula is C18H19N3O4S. The van der Waals surface area contributed by atoms with E-state index < -0.39 is 15.9 Å². The second-order valence-electron chi connectivity index (χ2n) is 6.11. The van der Waals surface area contributed by atoms with Gasteiger partial charge in [0.25, 0.3) is 15.9 Å². The number of amides is 2. The van der Waals surface area contributed by atoms with Gasteiger partial charge in [0.2, 0.25) is 5.91 Å². The average molecular weight is 373 g/mol. The lowest BCUT2D eigenvalue weighted by Crippen LogP contribution is -2.24. The fourth-order valence-corrected chi connectivity index (χ4v) is 4.16. The molecule has 3 rings (SSSR count). The topological polar surface area (TPSA) is 110 Å². The van der Waals surface area contributed by atoms with Crippen LogP contribution < -0.4 is 15.4 Å². The van der Waals surface area contributed by atoms with E-state index in [0.717, 1.165) is 6.42 Å². The van der Waals surface area contributed by atoms with Crippen molar-refractivity contribution in [3.05, 3.63) is 53.6 Å². The number of carbonyl (C=O) groups excluding carboxylic acids is 2. The number of rotatable bonds is 5. The second-order valence-corrected chi connectivity index (χ2v) is 7.79. The summed E-state index contributed by atoms with van der Waals surface area (Å²) in [5, 5.41) is 0. The van der Waals surface area contributed by atoms with E-state index in [4.69, 9.17) is 5.73 Å². The Bertz CT molecular complexity index is 986. The van der Waals surface area contributed by atoms with Crippen LogP contribution >= 0.6 is 0 Å². The Morgan fingerprint density at radius 1 is 1.19 bits per heavy atom. The third kappa shape index (κ3) is 3.41. The number of nitrogens with two attached hydrogens (primary N) is 1. The van der Waals surface area contributed by atoms with Gasteiger partial charge in [-0.15, -0.1) is 0 Å². The molecule has 0 aliphatic carbocycles. The lowest BCUT2D eigenvalue weighted by atomic mass is 10.2. The molecule has 1 aliphatic rings. The highest BCUT2D eigenvalue weighted by Gasteiger charge is 2.24.